The summed E-state index contributed by atoms with van der Waals surface area (Å²) in [5, 5.41) is 13.4. The summed E-state index contributed by atoms with van der Waals surface area (Å²) in [7, 11) is 0. The first-order chi connectivity index (χ1) is 8.68. The molecule has 2 nitrogen and oxygen atoms in total. The van der Waals surface area contributed by atoms with Crippen LogP contribution < -0.4 is 5.32 Å². The molecule has 96 valence electrons. The maximum atomic E-state index is 8.84. The van der Waals surface area contributed by atoms with Crippen LogP contribution in [0, 0.1) is 11.3 Å². The van der Waals surface area contributed by atoms with Crippen molar-refractivity contribution in [1.29, 1.82) is 5.26 Å². The van der Waals surface area contributed by atoms with Crippen molar-refractivity contribution in [2.75, 3.05) is 13.1 Å². The smallest absolute Gasteiger partial charge is 0.0622 e. The second kappa shape index (κ2) is 5.93. The Balaban J connectivity index is 2.32. The Morgan fingerprint density at radius 3 is 2.78 bits per heavy atom. The molecule has 2 rings (SSSR count). The van der Waals surface area contributed by atoms with Gasteiger partial charge >= 0.3 is 0 Å². The second-order valence-corrected chi connectivity index (χ2v) is 5.66. The third-order valence-corrected chi connectivity index (χ3v) is 4.46. The normalized spacial score (nSPS) is 23.6. The number of halogens is 2. The highest BCUT2D eigenvalue weighted by molar-refractivity contribution is 6.42. The Kier molecular flexibility index (Phi) is 4.50. The molecule has 1 aromatic carbocycles. The third-order valence-electron chi connectivity index (χ3n) is 3.72. The van der Waals surface area contributed by atoms with E-state index in [4.69, 9.17) is 28.5 Å². The van der Waals surface area contributed by atoms with Gasteiger partial charge in [0.25, 0.3) is 0 Å². The molecule has 0 spiro atoms. The van der Waals surface area contributed by atoms with Crippen LogP contribution in [-0.2, 0) is 5.41 Å². The van der Waals surface area contributed by atoms with E-state index in [0.717, 1.165) is 32.4 Å². The topological polar surface area (TPSA) is 35.8 Å². The van der Waals surface area contributed by atoms with E-state index in [2.05, 4.69) is 11.4 Å². The largest absolute Gasteiger partial charge is 0.316 e. The van der Waals surface area contributed by atoms with Crippen LogP contribution in [0.5, 0.6) is 0 Å². The average molecular weight is 283 g/mol. The molecule has 0 radical (unpaired) electrons. The van der Waals surface area contributed by atoms with Gasteiger partial charge in [0.2, 0.25) is 0 Å². The van der Waals surface area contributed by atoms with Crippen molar-refractivity contribution >= 4 is 23.2 Å². The van der Waals surface area contributed by atoms with Gasteiger partial charge in [-0.3, -0.25) is 0 Å². The van der Waals surface area contributed by atoms with Crippen LogP contribution >= 0.6 is 23.2 Å². The molecule has 0 saturated carbocycles. The van der Waals surface area contributed by atoms with Crippen LogP contribution in [0.25, 0.3) is 0 Å². The van der Waals surface area contributed by atoms with Crippen molar-refractivity contribution in [3.8, 4) is 6.07 Å². The molecule has 1 heterocycles. The number of hydrogen-bond donors (Lipinski definition) is 1. The van der Waals surface area contributed by atoms with E-state index < -0.39 is 0 Å². The minimum absolute atomic E-state index is 0.0300. The molecular formula is C14H16Cl2N2. The van der Waals surface area contributed by atoms with Gasteiger partial charge in [-0.2, -0.15) is 5.26 Å². The lowest BCUT2D eigenvalue weighted by molar-refractivity contribution is 0.295. The highest BCUT2D eigenvalue weighted by atomic mass is 35.5. The molecule has 18 heavy (non-hydrogen) atoms. The van der Waals surface area contributed by atoms with Gasteiger partial charge in [0.05, 0.1) is 16.1 Å². The third kappa shape index (κ3) is 2.80. The first kappa shape index (κ1) is 13.7. The van der Waals surface area contributed by atoms with Gasteiger partial charge in [0.15, 0.2) is 0 Å². The van der Waals surface area contributed by atoms with Crippen molar-refractivity contribution < 1.29 is 0 Å². The van der Waals surface area contributed by atoms with Crippen molar-refractivity contribution in [2.24, 2.45) is 0 Å². The van der Waals surface area contributed by atoms with Gasteiger partial charge in [-0.05, 0) is 43.5 Å². The molecule has 0 amide bonds. The Labute approximate surface area is 118 Å². The number of nitriles is 1. The maximum absolute atomic E-state index is 8.84. The lowest BCUT2D eigenvalue weighted by Crippen LogP contribution is -2.43. The molecule has 1 N–H and O–H groups in total. The van der Waals surface area contributed by atoms with Crippen LogP contribution in [0.3, 0.4) is 0 Å². The fourth-order valence-corrected chi connectivity index (χ4v) is 2.99. The highest BCUT2D eigenvalue weighted by Gasteiger charge is 2.33. The molecular weight excluding hydrogens is 267 g/mol. The van der Waals surface area contributed by atoms with E-state index in [1.165, 1.54) is 5.56 Å². The van der Waals surface area contributed by atoms with Crippen LogP contribution in [0.1, 0.15) is 31.2 Å². The summed E-state index contributed by atoms with van der Waals surface area (Å²) in [6.07, 6.45) is 3.67. The summed E-state index contributed by atoms with van der Waals surface area (Å²) in [6, 6.07) is 8.09. The molecule has 1 unspecified atom stereocenters. The van der Waals surface area contributed by atoms with E-state index in [0.29, 0.717) is 16.5 Å². The fraction of sp³-hybridized carbons (Fsp3) is 0.500. The first-order valence-corrected chi connectivity index (χ1v) is 6.97. The summed E-state index contributed by atoms with van der Waals surface area (Å²) in [5.41, 5.74) is 1.22. The highest BCUT2D eigenvalue weighted by Crippen LogP contribution is 2.38. The molecule has 0 bridgehead atoms. The monoisotopic (exact) mass is 282 g/mol. The molecule has 0 aromatic heterocycles. The van der Waals surface area contributed by atoms with E-state index in [-0.39, 0.29) is 5.41 Å². The Bertz CT molecular complexity index is 459. The van der Waals surface area contributed by atoms with Gasteiger partial charge in [0, 0.05) is 18.4 Å². The summed E-state index contributed by atoms with van der Waals surface area (Å²) < 4.78 is 0. The summed E-state index contributed by atoms with van der Waals surface area (Å²) >= 11 is 12.1. The average Bonchev–Trinajstić information content (AvgIpc) is 2.40. The van der Waals surface area contributed by atoms with Crippen molar-refractivity contribution in [3.05, 3.63) is 33.8 Å². The van der Waals surface area contributed by atoms with Gasteiger partial charge in [-0.1, -0.05) is 29.3 Å². The van der Waals surface area contributed by atoms with Crippen LogP contribution in [0.2, 0.25) is 10.0 Å². The summed E-state index contributed by atoms with van der Waals surface area (Å²) in [4.78, 5) is 0. The minimum atomic E-state index is 0.0300. The fourth-order valence-electron chi connectivity index (χ4n) is 2.69. The number of benzene rings is 1. The predicted molar refractivity (Wildman–Crippen MR) is 75.1 cm³/mol. The lowest BCUT2D eigenvalue weighted by atomic mass is 9.72. The minimum Gasteiger partial charge on any atom is -0.316 e. The molecule has 1 aliphatic heterocycles. The molecule has 1 saturated heterocycles. The molecule has 0 aliphatic carbocycles. The predicted octanol–water partition coefficient (Wildman–Crippen LogP) is 3.92. The molecule has 1 aromatic rings. The van der Waals surface area contributed by atoms with Crippen molar-refractivity contribution in [2.45, 2.75) is 31.1 Å². The zero-order valence-corrected chi connectivity index (χ0v) is 11.7. The first-order valence-electron chi connectivity index (χ1n) is 6.21. The van der Waals surface area contributed by atoms with Crippen molar-refractivity contribution in [3.63, 3.8) is 0 Å². The van der Waals surface area contributed by atoms with E-state index in [1.807, 2.05) is 18.2 Å². The van der Waals surface area contributed by atoms with Gasteiger partial charge < -0.3 is 5.32 Å². The van der Waals surface area contributed by atoms with Crippen LogP contribution in [0.4, 0.5) is 0 Å². The Hall–Kier alpha value is -0.750. The van der Waals surface area contributed by atoms with Gasteiger partial charge in [-0.15, -0.1) is 0 Å². The quantitative estimate of drug-likeness (QED) is 0.912. The Morgan fingerprint density at radius 2 is 2.17 bits per heavy atom. The molecule has 1 atom stereocenters. The van der Waals surface area contributed by atoms with E-state index in [1.54, 1.807) is 0 Å². The lowest BCUT2D eigenvalue weighted by Gasteiger charge is -2.38. The summed E-state index contributed by atoms with van der Waals surface area (Å²) in [6.45, 7) is 1.96. The number of piperidine rings is 1. The van der Waals surface area contributed by atoms with Crippen LogP contribution in [-0.4, -0.2) is 13.1 Å². The molecule has 1 fully saturated rings. The standard InChI is InChI=1S/C14H16Cl2N2/c15-12-4-3-11(9-13(12)16)14(5-1-7-17)6-2-8-18-10-14/h3-4,9,18H,1-2,5-6,8,10H2. The van der Waals surface area contributed by atoms with E-state index in [9.17, 15) is 0 Å². The summed E-state index contributed by atoms with van der Waals surface area (Å²) in [5.74, 6) is 0. The zero-order valence-electron chi connectivity index (χ0n) is 10.2. The number of nitrogens with zero attached hydrogens (tertiary/aromatic N) is 1. The zero-order chi connectivity index (χ0) is 13.0. The van der Waals surface area contributed by atoms with Gasteiger partial charge in [0.1, 0.15) is 0 Å². The Morgan fingerprint density at radius 1 is 1.33 bits per heavy atom. The number of nitrogens with one attached hydrogen (secondary N) is 1. The van der Waals surface area contributed by atoms with Gasteiger partial charge in [-0.25, -0.2) is 0 Å². The molecule has 4 heteroatoms. The maximum Gasteiger partial charge on any atom is 0.0622 e. The number of hydrogen-bond acceptors (Lipinski definition) is 2. The van der Waals surface area contributed by atoms with Crippen LogP contribution in [0.15, 0.2) is 18.2 Å². The second-order valence-electron chi connectivity index (χ2n) is 4.85. The SMILES string of the molecule is N#CCCC1(c2ccc(Cl)c(Cl)c2)CCCNC1. The number of rotatable bonds is 3. The molecule has 1 aliphatic rings. The van der Waals surface area contributed by atoms with Crippen molar-refractivity contribution in [1.82, 2.24) is 5.32 Å². The van der Waals surface area contributed by atoms with E-state index >= 15 is 0 Å².